The molecule has 0 amide bonds. The van der Waals surface area contributed by atoms with Crippen molar-refractivity contribution in [2.24, 2.45) is 17.8 Å². The Bertz CT molecular complexity index is 617. The van der Waals surface area contributed by atoms with Gasteiger partial charge in [-0.05, 0) is 55.7 Å². The van der Waals surface area contributed by atoms with Crippen LogP contribution < -0.4 is 0 Å². The number of hydrogen-bond donors (Lipinski definition) is 3. The van der Waals surface area contributed by atoms with E-state index in [0.29, 0.717) is 42.3 Å². The van der Waals surface area contributed by atoms with Gasteiger partial charge in [0, 0.05) is 13.1 Å². The van der Waals surface area contributed by atoms with Crippen LogP contribution >= 0.6 is 23.2 Å². The molecule has 1 saturated carbocycles. The molecule has 8 heteroatoms. The number of benzene rings is 1. The molecule has 5 nitrogen and oxygen atoms in total. The third-order valence-corrected chi connectivity index (χ3v) is 5.97. The highest BCUT2D eigenvalue weighted by atomic mass is 35.5. The second-order valence-electron chi connectivity index (χ2n) is 7.39. The molecule has 0 heterocycles. The van der Waals surface area contributed by atoms with E-state index in [9.17, 15) is 9.90 Å². The minimum absolute atomic E-state index is 0.0931. The molecule has 3 atom stereocenters. The fourth-order valence-electron chi connectivity index (χ4n) is 3.90. The Hall–Kier alpha value is -0.785. The Balaban J connectivity index is 1.92. The van der Waals surface area contributed by atoms with E-state index in [-0.39, 0.29) is 17.8 Å². The van der Waals surface area contributed by atoms with Gasteiger partial charge in [-0.3, -0.25) is 4.79 Å². The summed E-state index contributed by atoms with van der Waals surface area (Å²) in [6.07, 6.45) is 3.34. The Labute approximate surface area is 165 Å². The van der Waals surface area contributed by atoms with E-state index in [1.807, 2.05) is 19.2 Å². The van der Waals surface area contributed by atoms with Crippen LogP contribution in [0.25, 0.3) is 0 Å². The Morgan fingerprint density at radius 3 is 2.62 bits per heavy atom. The second kappa shape index (κ2) is 9.95. The van der Waals surface area contributed by atoms with Crippen LogP contribution in [-0.2, 0) is 11.3 Å². The molecular weight excluding hydrogens is 376 g/mol. The summed E-state index contributed by atoms with van der Waals surface area (Å²) in [6, 6.07) is 5.54. The molecule has 26 heavy (non-hydrogen) atoms. The van der Waals surface area contributed by atoms with Crippen molar-refractivity contribution in [3.05, 3.63) is 33.8 Å². The molecule has 1 aromatic rings. The summed E-state index contributed by atoms with van der Waals surface area (Å²) < 4.78 is 0. The molecule has 0 spiro atoms. The molecule has 0 saturated heterocycles. The summed E-state index contributed by atoms with van der Waals surface area (Å²) in [5.74, 6) is -0.807. The van der Waals surface area contributed by atoms with Crippen molar-refractivity contribution in [1.82, 2.24) is 4.90 Å². The number of nitrogens with zero attached hydrogens (tertiary/aromatic N) is 1. The standard InChI is InChI=1S/C18H26BCl2NO4/c1-22(10-13-3-5-16(20)17(21)9-13)11-14-4-2-12(6-7-19(25)26)8-15(14)18(23)24/h3,5,9,12,14-15,25-26H,2,4,6-8,10-11H2,1H3,(H,23,24)/t12-,14?,15-/m0/s1. The van der Waals surface area contributed by atoms with E-state index in [1.54, 1.807) is 6.07 Å². The molecule has 1 aromatic carbocycles. The van der Waals surface area contributed by atoms with Gasteiger partial charge in [-0.25, -0.2) is 0 Å². The average molecular weight is 402 g/mol. The predicted octanol–water partition coefficient (Wildman–Crippen LogP) is 3.41. The summed E-state index contributed by atoms with van der Waals surface area (Å²) in [4.78, 5) is 13.8. The fourth-order valence-corrected chi connectivity index (χ4v) is 4.22. The zero-order valence-electron chi connectivity index (χ0n) is 14.9. The maximum absolute atomic E-state index is 11.7. The lowest BCUT2D eigenvalue weighted by atomic mass is 9.70. The van der Waals surface area contributed by atoms with Gasteiger partial charge < -0.3 is 20.1 Å². The van der Waals surface area contributed by atoms with Crippen molar-refractivity contribution in [2.45, 2.75) is 38.5 Å². The van der Waals surface area contributed by atoms with Crippen LogP contribution in [0.3, 0.4) is 0 Å². The van der Waals surface area contributed by atoms with Crippen LogP contribution in [0.2, 0.25) is 16.4 Å². The summed E-state index contributed by atoms with van der Waals surface area (Å²) in [6.45, 7) is 1.38. The fraction of sp³-hybridized carbons (Fsp3) is 0.611. The highest BCUT2D eigenvalue weighted by molar-refractivity contribution is 6.42. The molecule has 0 aliphatic heterocycles. The van der Waals surface area contributed by atoms with Gasteiger partial charge in [0.2, 0.25) is 0 Å². The smallest absolute Gasteiger partial charge is 0.451 e. The molecule has 1 unspecified atom stereocenters. The minimum Gasteiger partial charge on any atom is -0.481 e. The van der Waals surface area contributed by atoms with E-state index in [2.05, 4.69) is 4.90 Å². The van der Waals surface area contributed by atoms with Crippen LogP contribution in [0, 0.1) is 17.8 Å². The van der Waals surface area contributed by atoms with E-state index in [4.69, 9.17) is 33.2 Å². The maximum Gasteiger partial charge on any atom is 0.451 e. The lowest BCUT2D eigenvalue weighted by molar-refractivity contribution is -0.146. The first-order chi connectivity index (χ1) is 12.3. The molecule has 1 aliphatic rings. The Morgan fingerprint density at radius 2 is 2.00 bits per heavy atom. The number of rotatable bonds is 8. The van der Waals surface area contributed by atoms with Crippen LogP contribution in [0.5, 0.6) is 0 Å². The first-order valence-electron chi connectivity index (χ1n) is 8.97. The lowest BCUT2D eigenvalue weighted by Crippen LogP contribution is -2.38. The van der Waals surface area contributed by atoms with Gasteiger partial charge in [0.05, 0.1) is 16.0 Å². The van der Waals surface area contributed by atoms with E-state index >= 15 is 0 Å². The quantitative estimate of drug-likeness (QED) is 0.581. The average Bonchev–Trinajstić information content (AvgIpc) is 2.57. The number of carbonyl (C=O) groups is 1. The number of hydrogen-bond acceptors (Lipinski definition) is 4. The maximum atomic E-state index is 11.7. The number of halogens is 2. The largest absolute Gasteiger partial charge is 0.481 e. The summed E-state index contributed by atoms with van der Waals surface area (Å²) in [5, 5.41) is 28.7. The Kier molecular flexibility index (Phi) is 8.23. The van der Waals surface area contributed by atoms with Crippen LogP contribution in [0.1, 0.15) is 31.2 Å². The molecule has 0 bridgehead atoms. The van der Waals surface area contributed by atoms with Crippen molar-refractivity contribution >= 4 is 36.3 Å². The molecule has 3 N–H and O–H groups in total. The zero-order valence-corrected chi connectivity index (χ0v) is 16.5. The molecular formula is C18H26BCl2NO4. The van der Waals surface area contributed by atoms with E-state index in [0.717, 1.165) is 18.4 Å². The summed E-state index contributed by atoms with van der Waals surface area (Å²) >= 11 is 12.0. The number of aliphatic carboxylic acids is 1. The van der Waals surface area contributed by atoms with E-state index < -0.39 is 13.1 Å². The second-order valence-corrected chi connectivity index (χ2v) is 8.20. The highest BCUT2D eigenvalue weighted by Gasteiger charge is 2.35. The van der Waals surface area contributed by atoms with Crippen LogP contribution in [0.4, 0.5) is 0 Å². The molecule has 2 rings (SSSR count). The normalized spacial score (nSPS) is 23.2. The van der Waals surface area contributed by atoms with Crippen molar-refractivity contribution in [3.63, 3.8) is 0 Å². The zero-order chi connectivity index (χ0) is 19.3. The lowest BCUT2D eigenvalue weighted by Gasteiger charge is -2.36. The minimum atomic E-state index is -1.31. The van der Waals surface area contributed by atoms with Gasteiger partial charge in [0.1, 0.15) is 0 Å². The van der Waals surface area contributed by atoms with E-state index in [1.165, 1.54) is 0 Å². The topological polar surface area (TPSA) is 81.0 Å². The SMILES string of the molecule is CN(Cc1ccc(Cl)c(Cl)c1)CC1CC[C@@H](CCB(O)O)C[C@@H]1C(=O)O. The molecule has 144 valence electrons. The number of carboxylic acids is 1. The van der Waals surface area contributed by atoms with Gasteiger partial charge in [0.15, 0.2) is 0 Å². The molecule has 1 fully saturated rings. The Morgan fingerprint density at radius 1 is 1.27 bits per heavy atom. The monoisotopic (exact) mass is 401 g/mol. The number of carboxylic acid groups (broad SMARTS) is 1. The van der Waals surface area contributed by atoms with Gasteiger partial charge in [-0.2, -0.15) is 0 Å². The molecule has 1 aliphatic carbocycles. The van der Waals surface area contributed by atoms with Gasteiger partial charge >= 0.3 is 13.1 Å². The molecule has 0 radical (unpaired) electrons. The first kappa shape index (κ1) is 21.5. The third-order valence-electron chi connectivity index (χ3n) is 5.24. The van der Waals surface area contributed by atoms with Crippen molar-refractivity contribution < 1.29 is 19.9 Å². The van der Waals surface area contributed by atoms with Gasteiger partial charge in [0.25, 0.3) is 0 Å². The third kappa shape index (κ3) is 6.43. The van der Waals surface area contributed by atoms with Gasteiger partial charge in [-0.15, -0.1) is 0 Å². The highest BCUT2D eigenvalue weighted by Crippen LogP contribution is 2.37. The summed E-state index contributed by atoms with van der Waals surface area (Å²) in [7, 11) is 0.670. The van der Waals surface area contributed by atoms with Crippen molar-refractivity contribution in [2.75, 3.05) is 13.6 Å². The van der Waals surface area contributed by atoms with Gasteiger partial charge in [-0.1, -0.05) is 42.1 Å². The van der Waals surface area contributed by atoms with Crippen molar-refractivity contribution in [3.8, 4) is 0 Å². The van der Waals surface area contributed by atoms with Crippen LogP contribution in [0.15, 0.2) is 18.2 Å². The summed E-state index contributed by atoms with van der Waals surface area (Å²) in [5.41, 5.74) is 1.04. The van der Waals surface area contributed by atoms with Crippen molar-refractivity contribution in [1.29, 1.82) is 0 Å². The first-order valence-corrected chi connectivity index (χ1v) is 9.73. The molecule has 0 aromatic heterocycles. The predicted molar refractivity (Wildman–Crippen MR) is 104 cm³/mol. The van der Waals surface area contributed by atoms with Crippen LogP contribution in [-0.4, -0.2) is 46.7 Å².